The molecule has 2 aromatic rings. The molecule has 0 bridgehead atoms. The van der Waals surface area contributed by atoms with Crippen LogP contribution in [0.15, 0.2) is 60.4 Å². The van der Waals surface area contributed by atoms with Gasteiger partial charge in [-0.05, 0) is 48.6 Å². The summed E-state index contributed by atoms with van der Waals surface area (Å²) in [6.07, 6.45) is 3.08. The Morgan fingerprint density at radius 3 is 2.53 bits per heavy atom. The normalized spacial score (nSPS) is 17.6. The first kappa shape index (κ1) is 21.4. The Morgan fingerprint density at radius 2 is 1.87 bits per heavy atom. The molecule has 7 heteroatoms. The fraction of sp³-hybridized carbons (Fsp3) is 0.261. The molecule has 1 aliphatic rings. The molecule has 0 saturated carbocycles. The molecule has 0 aliphatic carbocycles. The van der Waals surface area contributed by atoms with Crippen LogP contribution in [0.5, 0.6) is 0 Å². The molecular weight excluding hydrogens is 390 g/mol. The van der Waals surface area contributed by atoms with E-state index in [-0.39, 0.29) is 17.7 Å². The van der Waals surface area contributed by atoms with Crippen LogP contribution in [-0.2, 0) is 9.59 Å². The molecule has 1 amide bonds. The number of likely N-dealkylation sites (tertiary alicyclic amines) is 1. The van der Waals surface area contributed by atoms with E-state index >= 15 is 0 Å². The first-order chi connectivity index (χ1) is 14.4. The lowest BCUT2D eigenvalue weighted by Gasteiger charge is -2.28. The standard InChI is InChI=1S/C23H22F2N2O3/c24-16-9-7-15(8-10-16)19(18-5-1-2-6-20(18)25)12-17-4-3-11-27(17)23(30)13-21(28)22(29)14-26/h1-2,5-10,13-14,17,19,26,28H,3-4,11-12H2/b21-13-,26-14?/t17-,19+/m1/s1. The van der Waals surface area contributed by atoms with Crippen molar-refractivity contribution >= 4 is 17.9 Å². The molecule has 2 aromatic carbocycles. The van der Waals surface area contributed by atoms with Crippen molar-refractivity contribution < 1.29 is 23.5 Å². The van der Waals surface area contributed by atoms with Gasteiger partial charge in [-0.1, -0.05) is 30.3 Å². The lowest BCUT2D eigenvalue weighted by atomic mass is 9.85. The van der Waals surface area contributed by atoms with Crippen molar-refractivity contribution in [3.8, 4) is 0 Å². The maximum atomic E-state index is 14.6. The van der Waals surface area contributed by atoms with Gasteiger partial charge in [0.2, 0.25) is 5.78 Å². The lowest BCUT2D eigenvalue weighted by molar-refractivity contribution is -0.127. The molecule has 156 valence electrons. The van der Waals surface area contributed by atoms with Crippen LogP contribution >= 0.6 is 0 Å². The predicted octanol–water partition coefficient (Wildman–Crippen LogP) is 4.14. The van der Waals surface area contributed by atoms with E-state index in [2.05, 4.69) is 0 Å². The zero-order valence-corrected chi connectivity index (χ0v) is 16.2. The minimum Gasteiger partial charge on any atom is -0.504 e. The van der Waals surface area contributed by atoms with E-state index in [1.54, 1.807) is 35.2 Å². The van der Waals surface area contributed by atoms with Gasteiger partial charge in [-0.3, -0.25) is 9.59 Å². The van der Waals surface area contributed by atoms with Crippen molar-refractivity contribution in [2.75, 3.05) is 6.54 Å². The van der Waals surface area contributed by atoms with Crippen LogP contribution < -0.4 is 0 Å². The quantitative estimate of drug-likeness (QED) is 0.407. The molecule has 0 unspecified atom stereocenters. The molecular formula is C23H22F2N2O3. The molecule has 2 atom stereocenters. The van der Waals surface area contributed by atoms with Gasteiger partial charge in [-0.25, -0.2) is 8.78 Å². The lowest BCUT2D eigenvalue weighted by Crippen LogP contribution is -2.36. The van der Waals surface area contributed by atoms with Crippen molar-refractivity contribution in [2.24, 2.45) is 0 Å². The van der Waals surface area contributed by atoms with Gasteiger partial charge in [-0.2, -0.15) is 0 Å². The number of allylic oxidation sites excluding steroid dienone is 1. The van der Waals surface area contributed by atoms with Crippen LogP contribution in [0.4, 0.5) is 8.78 Å². The molecule has 1 aliphatic heterocycles. The number of benzene rings is 2. The molecule has 0 radical (unpaired) electrons. The summed E-state index contributed by atoms with van der Waals surface area (Å²) in [5, 5.41) is 16.6. The monoisotopic (exact) mass is 412 g/mol. The highest BCUT2D eigenvalue weighted by molar-refractivity contribution is 6.33. The third-order valence-corrected chi connectivity index (χ3v) is 5.36. The van der Waals surface area contributed by atoms with Gasteiger partial charge in [0.05, 0.1) is 6.21 Å². The Labute approximate surface area is 173 Å². The van der Waals surface area contributed by atoms with Gasteiger partial charge < -0.3 is 15.4 Å². The summed E-state index contributed by atoms with van der Waals surface area (Å²) in [6.45, 7) is 0.444. The fourth-order valence-electron chi connectivity index (χ4n) is 3.88. The summed E-state index contributed by atoms with van der Waals surface area (Å²) < 4.78 is 28.0. The minimum absolute atomic E-state index is 0.244. The summed E-state index contributed by atoms with van der Waals surface area (Å²) >= 11 is 0. The predicted molar refractivity (Wildman–Crippen MR) is 108 cm³/mol. The van der Waals surface area contributed by atoms with Gasteiger partial charge in [0.25, 0.3) is 5.91 Å². The summed E-state index contributed by atoms with van der Waals surface area (Å²) in [5.74, 6) is -3.43. The number of Topliss-reactive ketones (excluding diaryl/α,β-unsaturated/α-hetero) is 1. The molecule has 1 fully saturated rings. The Balaban J connectivity index is 1.89. The van der Waals surface area contributed by atoms with Crippen LogP contribution in [0.1, 0.15) is 36.3 Å². The maximum Gasteiger partial charge on any atom is 0.250 e. The van der Waals surface area contributed by atoms with E-state index in [0.717, 1.165) is 18.1 Å². The summed E-state index contributed by atoms with van der Waals surface area (Å²) in [4.78, 5) is 25.5. The van der Waals surface area contributed by atoms with E-state index in [1.165, 1.54) is 18.2 Å². The second kappa shape index (κ2) is 9.43. The van der Waals surface area contributed by atoms with E-state index in [9.17, 15) is 23.5 Å². The van der Waals surface area contributed by atoms with E-state index in [4.69, 9.17) is 5.41 Å². The van der Waals surface area contributed by atoms with Crippen LogP contribution in [0.2, 0.25) is 0 Å². The maximum absolute atomic E-state index is 14.6. The number of halogens is 2. The number of nitrogens with zero attached hydrogens (tertiary/aromatic N) is 1. The van der Waals surface area contributed by atoms with Gasteiger partial charge in [0, 0.05) is 24.6 Å². The third kappa shape index (κ3) is 4.79. The smallest absolute Gasteiger partial charge is 0.250 e. The van der Waals surface area contributed by atoms with Crippen molar-refractivity contribution in [1.29, 1.82) is 5.41 Å². The zero-order chi connectivity index (χ0) is 21.7. The number of carbonyl (C=O) groups excluding carboxylic acids is 2. The first-order valence-corrected chi connectivity index (χ1v) is 9.66. The third-order valence-electron chi connectivity index (χ3n) is 5.36. The van der Waals surface area contributed by atoms with Crippen molar-refractivity contribution in [1.82, 2.24) is 4.90 Å². The number of rotatable bonds is 7. The largest absolute Gasteiger partial charge is 0.504 e. The Hall–Kier alpha value is -3.35. The molecule has 1 heterocycles. The number of amides is 1. The molecule has 0 aromatic heterocycles. The number of carbonyl (C=O) groups is 2. The molecule has 2 N–H and O–H groups in total. The van der Waals surface area contributed by atoms with E-state index < -0.39 is 23.4 Å². The fourth-order valence-corrected chi connectivity index (χ4v) is 3.88. The van der Waals surface area contributed by atoms with Crippen LogP contribution in [0.3, 0.4) is 0 Å². The van der Waals surface area contributed by atoms with Crippen LogP contribution in [0, 0.1) is 17.0 Å². The average Bonchev–Trinajstić information content (AvgIpc) is 3.21. The SMILES string of the molecule is N=CC(=O)/C(O)=C/C(=O)N1CCC[C@@H]1C[C@@H](c1ccc(F)cc1)c1ccccc1F. The first-order valence-electron chi connectivity index (χ1n) is 9.66. The number of ketones is 1. The molecule has 5 nitrogen and oxygen atoms in total. The molecule has 0 spiro atoms. The Kier molecular flexibility index (Phi) is 6.72. The molecule has 30 heavy (non-hydrogen) atoms. The van der Waals surface area contributed by atoms with Gasteiger partial charge in [0.15, 0.2) is 5.76 Å². The van der Waals surface area contributed by atoms with Gasteiger partial charge >= 0.3 is 0 Å². The van der Waals surface area contributed by atoms with Crippen molar-refractivity contribution in [3.05, 3.63) is 83.1 Å². The van der Waals surface area contributed by atoms with E-state index in [0.29, 0.717) is 31.2 Å². The molecule has 3 rings (SSSR count). The number of hydrogen-bond acceptors (Lipinski definition) is 4. The minimum atomic E-state index is -0.949. The highest BCUT2D eigenvalue weighted by Crippen LogP contribution is 2.35. The average molecular weight is 412 g/mol. The number of aliphatic hydroxyl groups excluding tert-OH is 1. The van der Waals surface area contributed by atoms with Crippen molar-refractivity contribution in [2.45, 2.75) is 31.2 Å². The summed E-state index contributed by atoms with van der Waals surface area (Å²) in [6, 6.07) is 12.0. The second-order valence-electron chi connectivity index (χ2n) is 7.23. The Morgan fingerprint density at radius 1 is 1.17 bits per heavy atom. The summed E-state index contributed by atoms with van der Waals surface area (Å²) in [7, 11) is 0. The highest BCUT2D eigenvalue weighted by atomic mass is 19.1. The van der Waals surface area contributed by atoms with Crippen molar-refractivity contribution in [3.63, 3.8) is 0 Å². The zero-order valence-electron chi connectivity index (χ0n) is 16.2. The highest BCUT2D eigenvalue weighted by Gasteiger charge is 2.32. The Bertz CT molecular complexity index is 973. The van der Waals surface area contributed by atoms with Gasteiger partial charge in [0.1, 0.15) is 11.6 Å². The molecule has 1 saturated heterocycles. The number of aliphatic hydroxyl groups is 1. The number of hydrogen-bond donors (Lipinski definition) is 2. The topological polar surface area (TPSA) is 81.5 Å². The second-order valence-corrected chi connectivity index (χ2v) is 7.23. The summed E-state index contributed by atoms with van der Waals surface area (Å²) in [5.41, 5.74) is 1.19. The number of nitrogens with one attached hydrogen (secondary N) is 1. The van der Waals surface area contributed by atoms with Gasteiger partial charge in [-0.15, -0.1) is 0 Å². The van der Waals surface area contributed by atoms with E-state index in [1.807, 2.05) is 0 Å². The van der Waals surface area contributed by atoms with Crippen LogP contribution in [0.25, 0.3) is 0 Å². The van der Waals surface area contributed by atoms with Crippen LogP contribution in [-0.4, -0.2) is 40.5 Å².